The molecular weight excluding hydrogens is 379 g/mol. The van der Waals surface area contributed by atoms with Crippen LogP contribution < -0.4 is 5.32 Å². The van der Waals surface area contributed by atoms with Crippen LogP contribution in [0.15, 0.2) is 30.0 Å². The van der Waals surface area contributed by atoms with Gasteiger partial charge in [0, 0.05) is 22.5 Å². The fraction of sp³-hybridized carbons (Fsp3) is 0.278. The summed E-state index contributed by atoms with van der Waals surface area (Å²) < 4.78 is 41.5. The summed E-state index contributed by atoms with van der Waals surface area (Å²) in [6.45, 7) is 0. The third-order valence-corrected chi connectivity index (χ3v) is 4.48. The van der Waals surface area contributed by atoms with E-state index in [1.807, 2.05) is 0 Å². The SMILES string of the molecule is N#CC(C#N)=CNc1cc(Cl)ccc1-n1nc(C(F)(F)F)c2c1CCCC2. The number of aromatic nitrogens is 2. The molecule has 0 unspecified atom stereocenters. The van der Waals surface area contributed by atoms with Gasteiger partial charge in [0.05, 0.1) is 11.4 Å². The van der Waals surface area contributed by atoms with Crippen molar-refractivity contribution in [3.8, 4) is 17.8 Å². The Morgan fingerprint density at radius 3 is 2.59 bits per heavy atom. The second kappa shape index (κ2) is 7.34. The maximum atomic E-state index is 13.4. The summed E-state index contributed by atoms with van der Waals surface area (Å²) in [6.07, 6.45) is -1.09. The number of alkyl halides is 3. The molecule has 1 N–H and O–H groups in total. The summed E-state index contributed by atoms with van der Waals surface area (Å²) >= 11 is 6.01. The van der Waals surface area contributed by atoms with Gasteiger partial charge in [-0.15, -0.1) is 0 Å². The Hall–Kier alpha value is -2.97. The number of halogens is 4. The predicted octanol–water partition coefficient (Wildman–Crippen LogP) is 4.77. The molecule has 9 heteroatoms. The van der Waals surface area contributed by atoms with Crippen molar-refractivity contribution in [2.45, 2.75) is 31.9 Å². The van der Waals surface area contributed by atoms with Crippen LogP contribution in [0.2, 0.25) is 5.02 Å². The summed E-state index contributed by atoms with van der Waals surface area (Å²) in [4.78, 5) is 0. The Kier molecular flexibility index (Phi) is 5.11. The molecule has 1 aliphatic rings. The van der Waals surface area contributed by atoms with E-state index in [-0.39, 0.29) is 11.1 Å². The number of hydrogen-bond donors (Lipinski definition) is 1. The minimum absolute atomic E-state index is 0.181. The van der Waals surface area contributed by atoms with Gasteiger partial charge in [0.15, 0.2) is 5.69 Å². The molecule has 0 fully saturated rings. The van der Waals surface area contributed by atoms with Crippen molar-refractivity contribution in [3.05, 3.63) is 51.9 Å². The molecule has 1 aromatic heterocycles. The van der Waals surface area contributed by atoms with Gasteiger partial charge >= 0.3 is 6.18 Å². The summed E-state index contributed by atoms with van der Waals surface area (Å²) in [7, 11) is 0. The van der Waals surface area contributed by atoms with Gasteiger partial charge in [-0.05, 0) is 43.9 Å². The smallest absolute Gasteiger partial charge is 0.358 e. The zero-order chi connectivity index (χ0) is 19.6. The van der Waals surface area contributed by atoms with E-state index in [1.54, 1.807) is 24.3 Å². The second-order valence-corrected chi connectivity index (χ2v) is 6.41. The van der Waals surface area contributed by atoms with Gasteiger partial charge in [0.1, 0.15) is 17.7 Å². The first-order valence-corrected chi connectivity index (χ1v) is 8.47. The molecule has 1 aliphatic carbocycles. The van der Waals surface area contributed by atoms with E-state index in [1.165, 1.54) is 16.9 Å². The van der Waals surface area contributed by atoms with Gasteiger partial charge in [0.25, 0.3) is 0 Å². The Labute approximate surface area is 158 Å². The number of rotatable bonds is 3. The highest BCUT2D eigenvalue weighted by atomic mass is 35.5. The topological polar surface area (TPSA) is 77.4 Å². The summed E-state index contributed by atoms with van der Waals surface area (Å²) in [5.74, 6) is 0. The molecule has 1 heterocycles. The molecule has 0 radical (unpaired) electrons. The van der Waals surface area contributed by atoms with Crippen LogP contribution in [-0.4, -0.2) is 9.78 Å². The molecule has 27 heavy (non-hydrogen) atoms. The molecule has 0 aliphatic heterocycles. The lowest BCUT2D eigenvalue weighted by molar-refractivity contribution is -0.142. The number of benzene rings is 1. The van der Waals surface area contributed by atoms with E-state index in [9.17, 15) is 13.2 Å². The van der Waals surface area contributed by atoms with Crippen molar-refractivity contribution in [2.75, 3.05) is 5.32 Å². The number of nitrogens with zero attached hydrogens (tertiary/aromatic N) is 4. The van der Waals surface area contributed by atoms with E-state index in [2.05, 4.69) is 10.4 Å². The number of fused-ring (bicyclic) bond motifs is 1. The van der Waals surface area contributed by atoms with Crippen LogP contribution in [0.1, 0.15) is 29.8 Å². The minimum Gasteiger partial charge on any atom is -0.358 e. The van der Waals surface area contributed by atoms with Gasteiger partial charge in [0.2, 0.25) is 0 Å². The Morgan fingerprint density at radius 1 is 1.22 bits per heavy atom. The monoisotopic (exact) mass is 391 g/mol. The molecular formula is C18H13ClF3N5. The first-order valence-electron chi connectivity index (χ1n) is 8.10. The molecule has 3 rings (SSSR count). The first-order chi connectivity index (χ1) is 12.8. The quantitative estimate of drug-likeness (QED) is 0.765. The van der Waals surface area contributed by atoms with Crippen LogP contribution >= 0.6 is 11.6 Å². The molecule has 138 valence electrons. The van der Waals surface area contributed by atoms with Crippen molar-refractivity contribution in [3.63, 3.8) is 0 Å². The highest BCUT2D eigenvalue weighted by molar-refractivity contribution is 6.31. The van der Waals surface area contributed by atoms with Gasteiger partial charge in [-0.25, -0.2) is 4.68 Å². The standard InChI is InChI=1S/C18H13ClF3N5/c19-12-5-6-16(14(7-12)25-10-11(8-23)9-24)27-15-4-2-1-3-13(15)17(26-27)18(20,21)22/h5-7,10,25H,1-4H2. The molecule has 0 saturated carbocycles. The third kappa shape index (κ3) is 3.76. The second-order valence-electron chi connectivity index (χ2n) is 5.98. The fourth-order valence-corrected chi connectivity index (χ4v) is 3.25. The molecule has 0 amide bonds. The average molecular weight is 392 g/mol. The molecule has 0 saturated heterocycles. The molecule has 0 atom stereocenters. The summed E-state index contributed by atoms with van der Waals surface area (Å²) in [6, 6.07) is 8.01. The lowest BCUT2D eigenvalue weighted by Gasteiger charge is -2.16. The zero-order valence-corrected chi connectivity index (χ0v) is 14.7. The van der Waals surface area contributed by atoms with Crippen molar-refractivity contribution >= 4 is 17.3 Å². The minimum atomic E-state index is -4.54. The van der Waals surface area contributed by atoms with Crippen LogP contribution in [0.3, 0.4) is 0 Å². The first kappa shape index (κ1) is 18.8. The van der Waals surface area contributed by atoms with Crippen molar-refractivity contribution < 1.29 is 13.2 Å². The van der Waals surface area contributed by atoms with Crippen molar-refractivity contribution in [2.24, 2.45) is 0 Å². The van der Waals surface area contributed by atoms with Crippen LogP contribution in [0.25, 0.3) is 5.69 Å². The highest BCUT2D eigenvalue weighted by Crippen LogP contribution is 2.38. The summed E-state index contributed by atoms with van der Waals surface area (Å²) in [5, 5.41) is 24.7. The van der Waals surface area contributed by atoms with Crippen LogP contribution in [0.4, 0.5) is 18.9 Å². The van der Waals surface area contributed by atoms with E-state index >= 15 is 0 Å². The van der Waals surface area contributed by atoms with Crippen LogP contribution in [0.5, 0.6) is 0 Å². The summed E-state index contributed by atoms with van der Waals surface area (Å²) in [5.41, 5.74) is 0.390. The van der Waals surface area contributed by atoms with Crippen molar-refractivity contribution in [1.29, 1.82) is 10.5 Å². The lowest BCUT2D eigenvalue weighted by Crippen LogP contribution is -2.11. The van der Waals surface area contributed by atoms with Crippen LogP contribution in [-0.2, 0) is 19.0 Å². The van der Waals surface area contributed by atoms with E-state index in [4.69, 9.17) is 22.1 Å². The number of nitriles is 2. The Balaban J connectivity index is 2.15. The Bertz CT molecular complexity index is 976. The lowest BCUT2D eigenvalue weighted by atomic mass is 9.95. The largest absolute Gasteiger partial charge is 0.435 e. The normalized spacial score (nSPS) is 13.3. The Morgan fingerprint density at radius 2 is 1.93 bits per heavy atom. The highest BCUT2D eigenvalue weighted by Gasteiger charge is 2.39. The van der Waals surface area contributed by atoms with E-state index in [0.29, 0.717) is 41.4 Å². The predicted molar refractivity (Wildman–Crippen MR) is 93.1 cm³/mol. The third-order valence-electron chi connectivity index (χ3n) is 4.25. The number of allylic oxidation sites excluding steroid dienone is 1. The fourth-order valence-electron chi connectivity index (χ4n) is 3.07. The van der Waals surface area contributed by atoms with Gasteiger partial charge in [-0.3, -0.25) is 0 Å². The van der Waals surface area contributed by atoms with Crippen molar-refractivity contribution in [1.82, 2.24) is 9.78 Å². The molecule has 0 bridgehead atoms. The maximum Gasteiger partial charge on any atom is 0.435 e. The van der Waals surface area contributed by atoms with Gasteiger partial charge < -0.3 is 5.32 Å². The maximum absolute atomic E-state index is 13.4. The van der Waals surface area contributed by atoms with Gasteiger partial charge in [-0.2, -0.15) is 28.8 Å². The molecule has 5 nitrogen and oxygen atoms in total. The number of anilines is 1. The van der Waals surface area contributed by atoms with Gasteiger partial charge in [-0.1, -0.05) is 11.6 Å². The zero-order valence-electron chi connectivity index (χ0n) is 13.9. The number of nitrogens with one attached hydrogen (secondary N) is 1. The van der Waals surface area contributed by atoms with Crippen LogP contribution in [0, 0.1) is 22.7 Å². The molecule has 2 aromatic rings. The average Bonchev–Trinajstić information content (AvgIpc) is 3.03. The van der Waals surface area contributed by atoms with E-state index in [0.717, 1.165) is 6.42 Å². The van der Waals surface area contributed by atoms with E-state index < -0.39 is 11.9 Å². The molecule has 1 aromatic carbocycles. The number of hydrogen-bond acceptors (Lipinski definition) is 4. The molecule has 0 spiro atoms.